The average Bonchev–Trinajstić information content (AvgIpc) is 3.19. The largest absolute Gasteiger partial charge is 0.492 e. The molecule has 0 saturated carbocycles. The number of rotatable bonds is 6. The summed E-state index contributed by atoms with van der Waals surface area (Å²) < 4.78 is 16.7. The summed E-state index contributed by atoms with van der Waals surface area (Å²) in [6.07, 6.45) is 1.00. The number of hydrogen-bond acceptors (Lipinski definition) is 5. The molecule has 5 heteroatoms. The fraction of sp³-hybridized carbons (Fsp3) is 0.261. The third-order valence-corrected chi connectivity index (χ3v) is 4.93. The van der Waals surface area contributed by atoms with E-state index in [2.05, 4.69) is 29.6 Å². The van der Waals surface area contributed by atoms with Gasteiger partial charge in [0.1, 0.15) is 24.2 Å². The van der Waals surface area contributed by atoms with Crippen molar-refractivity contribution in [2.75, 3.05) is 20.3 Å². The van der Waals surface area contributed by atoms with E-state index in [1.165, 1.54) is 17.9 Å². The van der Waals surface area contributed by atoms with Crippen molar-refractivity contribution in [3.05, 3.63) is 72.3 Å². The lowest BCUT2D eigenvalue weighted by atomic mass is 10.1. The first-order valence-electron chi connectivity index (χ1n) is 9.41. The molecule has 1 aliphatic rings. The van der Waals surface area contributed by atoms with E-state index in [1.54, 1.807) is 24.3 Å². The average molecular weight is 377 g/mol. The second kappa shape index (κ2) is 8.31. The molecule has 0 aliphatic carbocycles. The summed E-state index contributed by atoms with van der Waals surface area (Å²) in [5.41, 5.74) is 0.512. The third kappa shape index (κ3) is 4.26. The first kappa shape index (κ1) is 18.3. The molecule has 1 heterocycles. The van der Waals surface area contributed by atoms with Crippen molar-refractivity contribution in [3.63, 3.8) is 0 Å². The molecular weight excluding hydrogens is 354 g/mol. The van der Waals surface area contributed by atoms with Gasteiger partial charge in [0.05, 0.1) is 12.7 Å². The molecule has 1 unspecified atom stereocenters. The maximum absolute atomic E-state index is 11.5. The van der Waals surface area contributed by atoms with Crippen LogP contribution in [0.15, 0.2) is 66.7 Å². The Bertz CT molecular complexity index is 954. The van der Waals surface area contributed by atoms with Crippen LogP contribution in [-0.2, 0) is 4.74 Å². The Morgan fingerprint density at radius 1 is 1.00 bits per heavy atom. The lowest BCUT2D eigenvalue weighted by molar-refractivity contribution is 0.0600. The molecule has 1 saturated heterocycles. The summed E-state index contributed by atoms with van der Waals surface area (Å²) in [4.78, 5) is 11.5. The summed E-state index contributed by atoms with van der Waals surface area (Å²) in [6.45, 7) is 1.34. The van der Waals surface area contributed by atoms with Gasteiger partial charge in [-0.3, -0.25) is 0 Å². The van der Waals surface area contributed by atoms with Crippen LogP contribution in [0.2, 0.25) is 0 Å². The highest BCUT2D eigenvalue weighted by molar-refractivity contribution is 5.89. The Labute approximate surface area is 164 Å². The molecule has 4 rings (SSSR count). The van der Waals surface area contributed by atoms with E-state index >= 15 is 0 Å². The molecule has 2 atom stereocenters. The predicted octanol–water partition coefficient (Wildman–Crippen LogP) is 3.81. The highest BCUT2D eigenvalue weighted by Crippen LogP contribution is 2.23. The Morgan fingerprint density at radius 2 is 1.75 bits per heavy atom. The fourth-order valence-electron chi connectivity index (χ4n) is 3.43. The van der Waals surface area contributed by atoms with Crippen molar-refractivity contribution in [3.8, 4) is 11.5 Å². The maximum Gasteiger partial charge on any atom is 0.337 e. The summed E-state index contributed by atoms with van der Waals surface area (Å²) in [6, 6.07) is 21.7. The quantitative estimate of drug-likeness (QED) is 0.662. The lowest BCUT2D eigenvalue weighted by Crippen LogP contribution is -2.28. The van der Waals surface area contributed by atoms with Crippen molar-refractivity contribution < 1.29 is 19.0 Å². The van der Waals surface area contributed by atoms with Crippen LogP contribution in [-0.4, -0.2) is 38.4 Å². The molecule has 144 valence electrons. The van der Waals surface area contributed by atoms with Gasteiger partial charge < -0.3 is 19.5 Å². The number of hydrogen-bond donors (Lipinski definition) is 1. The summed E-state index contributed by atoms with van der Waals surface area (Å²) >= 11 is 0. The molecule has 1 aliphatic heterocycles. The number of esters is 1. The standard InChI is InChI=1S/C23H23NO4/c1-26-23(25)17-7-9-20(10-8-17)27-15-19-13-22(14-24-19)28-21-11-6-16-4-2-3-5-18(16)12-21/h2-12,19,22,24H,13-15H2,1H3/t19?,22-/m0/s1. The SMILES string of the molecule is COC(=O)c1ccc(OCC2C[C@H](Oc3ccc4ccccc4c3)CN2)cc1. The Hall–Kier alpha value is -3.05. The van der Waals surface area contributed by atoms with E-state index in [4.69, 9.17) is 14.2 Å². The summed E-state index contributed by atoms with van der Waals surface area (Å²) in [7, 11) is 1.37. The molecule has 28 heavy (non-hydrogen) atoms. The van der Waals surface area contributed by atoms with E-state index in [1.807, 2.05) is 18.2 Å². The van der Waals surface area contributed by atoms with Crippen LogP contribution in [0.3, 0.4) is 0 Å². The molecule has 0 spiro atoms. The van der Waals surface area contributed by atoms with Gasteiger partial charge in [-0.05, 0) is 47.2 Å². The van der Waals surface area contributed by atoms with Crippen molar-refractivity contribution in [1.29, 1.82) is 0 Å². The number of nitrogens with one attached hydrogen (secondary N) is 1. The third-order valence-electron chi connectivity index (χ3n) is 4.93. The van der Waals surface area contributed by atoms with Crippen LogP contribution in [0, 0.1) is 0 Å². The van der Waals surface area contributed by atoms with Gasteiger partial charge in [0.15, 0.2) is 0 Å². The zero-order valence-corrected chi connectivity index (χ0v) is 15.8. The van der Waals surface area contributed by atoms with E-state index in [0.717, 1.165) is 24.5 Å². The highest BCUT2D eigenvalue weighted by Gasteiger charge is 2.26. The Morgan fingerprint density at radius 3 is 2.54 bits per heavy atom. The number of fused-ring (bicyclic) bond motifs is 1. The van der Waals surface area contributed by atoms with Crippen LogP contribution in [0.4, 0.5) is 0 Å². The van der Waals surface area contributed by atoms with Crippen LogP contribution in [0.1, 0.15) is 16.8 Å². The topological polar surface area (TPSA) is 56.8 Å². The van der Waals surface area contributed by atoms with Crippen molar-refractivity contribution in [2.45, 2.75) is 18.6 Å². The van der Waals surface area contributed by atoms with Gasteiger partial charge >= 0.3 is 5.97 Å². The molecule has 0 bridgehead atoms. The van der Waals surface area contributed by atoms with Crippen molar-refractivity contribution in [1.82, 2.24) is 5.32 Å². The second-order valence-electron chi connectivity index (χ2n) is 6.92. The van der Waals surface area contributed by atoms with Gasteiger partial charge in [0.2, 0.25) is 0 Å². The predicted molar refractivity (Wildman–Crippen MR) is 108 cm³/mol. The van der Waals surface area contributed by atoms with Crippen molar-refractivity contribution >= 4 is 16.7 Å². The van der Waals surface area contributed by atoms with Crippen LogP contribution in [0.25, 0.3) is 10.8 Å². The number of carbonyl (C=O) groups excluding carboxylic acids is 1. The number of carbonyl (C=O) groups is 1. The van der Waals surface area contributed by atoms with E-state index in [9.17, 15) is 4.79 Å². The minimum absolute atomic E-state index is 0.122. The van der Waals surface area contributed by atoms with Gasteiger partial charge in [0, 0.05) is 19.0 Å². The molecule has 3 aromatic carbocycles. The maximum atomic E-state index is 11.5. The molecule has 0 radical (unpaired) electrons. The number of benzene rings is 3. The highest BCUT2D eigenvalue weighted by atomic mass is 16.5. The normalized spacial score (nSPS) is 18.8. The molecule has 0 aromatic heterocycles. The van der Waals surface area contributed by atoms with Crippen LogP contribution >= 0.6 is 0 Å². The molecule has 0 amide bonds. The van der Waals surface area contributed by atoms with Crippen LogP contribution < -0.4 is 14.8 Å². The van der Waals surface area contributed by atoms with Gasteiger partial charge in [-0.15, -0.1) is 0 Å². The minimum Gasteiger partial charge on any atom is -0.492 e. The van der Waals surface area contributed by atoms with Crippen molar-refractivity contribution in [2.24, 2.45) is 0 Å². The minimum atomic E-state index is -0.349. The van der Waals surface area contributed by atoms with E-state index < -0.39 is 0 Å². The monoisotopic (exact) mass is 377 g/mol. The Kier molecular flexibility index (Phi) is 5.44. The first-order chi connectivity index (χ1) is 13.7. The smallest absolute Gasteiger partial charge is 0.337 e. The molecule has 1 fully saturated rings. The first-order valence-corrected chi connectivity index (χ1v) is 9.41. The molecular formula is C23H23NO4. The van der Waals surface area contributed by atoms with Gasteiger partial charge in [-0.1, -0.05) is 30.3 Å². The van der Waals surface area contributed by atoms with E-state index in [-0.39, 0.29) is 18.1 Å². The fourth-order valence-corrected chi connectivity index (χ4v) is 3.43. The second-order valence-corrected chi connectivity index (χ2v) is 6.92. The zero-order valence-electron chi connectivity index (χ0n) is 15.8. The lowest BCUT2D eigenvalue weighted by Gasteiger charge is -2.14. The summed E-state index contributed by atoms with van der Waals surface area (Å²) in [5.74, 6) is 1.27. The molecule has 3 aromatic rings. The summed E-state index contributed by atoms with van der Waals surface area (Å²) in [5, 5.41) is 5.84. The van der Waals surface area contributed by atoms with Gasteiger partial charge in [-0.2, -0.15) is 0 Å². The number of ether oxygens (including phenoxy) is 3. The Balaban J connectivity index is 1.28. The van der Waals surface area contributed by atoms with E-state index in [0.29, 0.717) is 12.2 Å². The van der Waals surface area contributed by atoms with Gasteiger partial charge in [0.25, 0.3) is 0 Å². The zero-order chi connectivity index (χ0) is 19.3. The number of methoxy groups -OCH3 is 1. The molecule has 5 nitrogen and oxygen atoms in total. The van der Waals surface area contributed by atoms with Crippen LogP contribution in [0.5, 0.6) is 11.5 Å². The van der Waals surface area contributed by atoms with Gasteiger partial charge in [-0.25, -0.2) is 4.79 Å². The molecule has 1 N–H and O–H groups in total.